The van der Waals surface area contributed by atoms with Crippen molar-refractivity contribution in [1.82, 2.24) is 10.6 Å². The first-order valence-electron chi connectivity index (χ1n) is 10.0. The van der Waals surface area contributed by atoms with Gasteiger partial charge in [0.25, 0.3) is 0 Å². The van der Waals surface area contributed by atoms with Crippen LogP contribution in [-0.2, 0) is 27.5 Å². The lowest BCUT2D eigenvalue weighted by Gasteiger charge is -2.18. The molecule has 9 heteroatoms. The van der Waals surface area contributed by atoms with E-state index in [9.17, 15) is 19.5 Å². The first-order chi connectivity index (χ1) is 15.0. The van der Waals surface area contributed by atoms with Gasteiger partial charge in [0.1, 0.15) is 0 Å². The van der Waals surface area contributed by atoms with Crippen LogP contribution < -0.4 is 25.4 Å². The molecule has 0 aliphatic carbocycles. The van der Waals surface area contributed by atoms with Gasteiger partial charge in [0.05, 0.1) is 12.5 Å². The molecule has 2 aliphatic rings. The van der Waals surface area contributed by atoms with Crippen molar-refractivity contribution < 1.29 is 29.0 Å². The first kappa shape index (κ1) is 20.7. The van der Waals surface area contributed by atoms with Crippen LogP contribution in [0.3, 0.4) is 0 Å². The van der Waals surface area contributed by atoms with Gasteiger partial charge in [-0.3, -0.25) is 14.4 Å². The fourth-order valence-electron chi connectivity index (χ4n) is 3.65. The molecule has 0 bridgehead atoms. The second kappa shape index (κ2) is 9.05. The molecular weight excluding hydrogens is 402 g/mol. The zero-order valence-corrected chi connectivity index (χ0v) is 16.8. The molecule has 9 nitrogen and oxygen atoms in total. The van der Waals surface area contributed by atoms with E-state index in [0.717, 1.165) is 18.7 Å². The van der Waals surface area contributed by atoms with Crippen molar-refractivity contribution >= 4 is 23.5 Å². The lowest BCUT2D eigenvalue weighted by molar-refractivity contribution is -0.138. The lowest BCUT2D eigenvalue weighted by atomic mass is 10.0. The highest BCUT2D eigenvalue weighted by atomic mass is 16.7. The summed E-state index contributed by atoms with van der Waals surface area (Å²) < 4.78 is 10.6. The Hall–Kier alpha value is -3.59. The third kappa shape index (κ3) is 5.13. The molecule has 1 unspecified atom stereocenters. The Morgan fingerprint density at radius 2 is 1.74 bits per heavy atom. The zero-order chi connectivity index (χ0) is 21.8. The van der Waals surface area contributed by atoms with E-state index in [0.29, 0.717) is 22.7 Å². The number of hydrogen-bond acceptors (Lipinski definition) is 6. The number of carbonyl (C=O) groups is 3. The van der Waals surface area contributed by atoms with E-state index in [1.165, 1.54) is 5.56 Å². The zero-order valence-electron chi connectivity index (χ0n) is 16.8. The van der Waals surface area contributed by atoms with E-state index < -0.39 is 17.9 Å². The van der Waals surface area contributed by atoms with Gasteiger partial charge in [-0.15, -0.1) is 0 Å². The van der Waals surface area contributed by atoms with Gasteiger partial charge in [0.15, 0.2) is 11.5 Å². The molecule has 162 valence electrons. The molecule has 0 spiro atoms. The number of ether oxygens (including phenoxy) is 2. The third-order valence-corrected chi connectivity index (χ3v) is 5.21. The summed E-state index contributed by atoms with van der Waals surface area (Å²) in [6.45, 7) is 1.70. The van der Waals surface area contributed by atoms with Gasteiger partial charge in [-0.2, -0.15) is 0 Å². The maximum Gasteiger partial charge on any atom is 0.305 e. The van der Waals surface area contributed by atoms with Crippen LogP contribution in [0.5, 0.6) is 11.5 Å². The highest BCUT2D eigenvalue weighted by Crippen LogP contribution is 2.34. The van der Waals surface area contributed by atoms with Gasteiger partial charge in [0.2, 0.25) is 18.6 Å². The minimum Gasteiger partial charge on any atom is -0.481 e. The average molecular weight is 425 g/mol. The molecule has 4 rings (SSSR count). The Kier molecular flexibility index (Phi) is 6.03. The van der Waals surface area contributed by atoms with Crippen molar-refractivity contribution in [3.05, 3.63) is 53.1 Å². The van der Waals surface area contributed by atoms with Crippen molar-refractivity contribution in [2.75, 3.05) is 12.1 Å². The number of anilines is 1. The largest absolute Gasteiger partial charge is 0.481 e. The molecule has 2 aromatic carbocycles. The number of carbonyl (C=O) groups excluding carboxylic acids is 2. The van der Waals surface area contributed by atoms with Crippen LogP contribution in [-0.4, -0.2) is 29.7 Å². The minimum atomic E-state index is -1.05. The maximum absolute atomic E-state index is 12.4. The Morgan fingerprint density at radius 1 is 0.968 bits per heavy atom. The lowest BCUT2D eigenvalue weighted by Crippen LogP contribution is -2.30. The molecule has 2 aliphatic heterocycles. The molecule has 0 fully saturated rings. The molecule has 2 amide bonds. The van der Waals surface area contributed by atoms with Gasteiger partial charge < -0.3 is 30.5 Å². The number of benzene rings is 2. The quantitative estimate of drug-likeness (QED) is 0.510. The Morgan fingerprint density at radius 3 is 2.58 bits per heavy atom. The highest BCUT2D eigenvalue weighted by molar-refractivity contribution is 5.93. The molecule has 31 heavy (non-hydrogen) atoms. The van der Waals surface area contributed by atoms with Gasteiger partial charge in [-0.1, -0.05) is 12.1 Å². The molecule has 0 aromatic heterocycles. The number of nitrogens with one attached hydrogen (secondary N) is 3. The Labute approximate surface area is 178 Å². The first-order valence-corrected chi connectivity index (χ1v) is 10.0. The minimum absolute atomic E-state index is 0.0118. The van der Waals surface area contributed by atoms with Crippen molar-refractivity contribution in [2.24, 2.45) is 0 Å². The molecule has 1 atom stereocenters. The summed E-state index contributed by atoms with van der Waals surface area (Å²) in [5.41, 5.74) is 3.65. The van der Waals surface area contributed by atoms with Crippen LogP contribution in [0.2, 0.25) is 0 Å². The van der Waals surface area contributed by atoms with E-state index in [1.807, 2.05) is 18.2 Å². The normalized spacial score (nSPS) is 14.6. The smallest absolute Gasteiger partial charge is 0.305 e. The molecule has 4 N–H and O–H groups in total. The number of amides is 2. The van der Waals surface area contributed by atoms with Crippen LogP contribution in [0.15, 0.2) is 36.4 Å². The van der Waals surface area contributed by atoms with Gasteiger partial charge >= 0.3 is 5.97 Å². The van der Waals surface area contributed by atoms with Gasteiger partial charge in [-0.05, 0) is 41.0 Å². The molecular formula is C22H23N3O6. The van der Waals surface area contributed by atoms with E-state index in [4.69, 9.17) is 9.47 Å². The summed E-state index contributed by atoms with van der Waals surface area (Å²) in [6.07, 6.45) is -0.359. The average Bonchev–Trinajstić information content (AvgIpc) is 3.39. The maximum atomic E-state index is 12.4. The summed E-state index contributed by atoms with van der Waals surface area (Å²) in [7, 11) is 0. The van der Waals surface area contributed by atoms with Crippen molar-refractivity contribution in [2.45, 2.75) is 38.4 Å². The predicted molar refractivity (Wildman–Crippen MR) is 111 cm³/mol. The SMILES string of the molecule is O=C(O)CC(NC(=O)CCC(=O)Nc1ccc2c(c1)CNC2)c1ccc2c(c1)OCO2. The van der Waals surface area contributed by atoms with Crippen LogP contribution in [0.4, 0.5) is 5.69 Å². The Bertz CT molecular complexity index is 1020. The van der Waals surface area contributed by atoms with Crippen molar-refractivity contribution in [1.29, 1.82) is 0 Å². The van der Waals surface area contributed by atoms with Crippen molar-refractivity contribution in [3.8, 4) is 11.5 Å². The summed E-state index contributed by atoms with van der Waals surface area (Å²) in [5.74, 6) is -0.655. The second-order valence-electron chi connectivity index (χ2n) is 7.47. The molecule has 0 saturated heterocycles. The Balaban J connectivity index is 1.32. The van der Waals surface area contributed by atoms with Crippen LogP contribution in [0, 0.1) is 0 Å². The molecule has 0 radical (unpaired) electrons. The summed E-state index contributed by atoms with van der Waals surface area (Å²) in [5, 5.41) is 18.0. The van der Waals surface area contributed by atoms with Crippen LogP contribution in [0.25, 0.3) is 0 Å². The standard InChI is InChI=1S/C22H23N3O6/c26-20(24-16-3-1-14-10-23-11-15(14)7-16)5-6-21(27)25-17(9-22(28)29)13-2-4-18-19(8-13)31-12-30-18/h1-4,7-8,17,23H,5-6,9-12H2,(H,24,26)(H,25,27)(H,28,29). The molecule has 0 saturated carbocycles. The fourth-order valence-corrected chi connectivity index (χ4v) is 3.65. The summed E-state index contributed by atoms with van der Waals surface area (Å²) >= 11 is 0. The number of rotatable bonds is 8. The van der Waals surface area contributed by atoms with Gasteiger partial charge in [0, 0.05) is 31.6 Å². The monoisotopic (exact) mass is 425 g/mol. The number of fused-ring (bicyclic) bond motifs is 2. The summed E-state index contributed by atoms with van der Waals surface area (Å²) in [4.78, 5) is 35.9. The third-order valence-electron chi connectivity index (χ3n) is 5.21. The van der Waals surface area contributed by atoms with Gasteiger partial charge in [-0.25, -0.2) is 0 Å². The number of aliphatic carboxylic acids is 1. The van der Waals surface area contributed by atoms with E-state index in [-0.39, 0.29) is 32.0 Å². The molecule has 2 aromatic rings. The topological polar surface area (TPSA) is 126 Å². The number of carboxylic acid groups (broad SMARTS) is 1. The number of hydrogen-bond donors (Lipinski definition) is 4. The second-order valence-corrected chi connectivity index (χ2v) is 7.47. The van der Waals surface area contributed by atoms with Crippen LogP contribution in [0.1, 0.15) is 42.0 Å². The van der Waals surface area contributed by atoms with E-state index >= 15 is 0 Å². The van der Waals surface area contributed by atoms with E-state index in [1.54, 1.807) is 18.2 Å². The fraction of sp³-hybridized carbons (Fsp3) is 0.318. The summed E-state index contributed by atoms with van der Waals surface area (Å²) in [6, 6.07) is 10.0. The number of carboxylic acids is 1. The predicted octanol–water partition coefficient (Wildman–Crippen LogP) is 2.07. The van der Waals surface area contributed by atoms with Crippen LogP contribution >= 0.6 is 0 Å². The van der Waals surface area contributed by atoms with E-state index in [2.05, 4.69) is 16.0 Å². The highest BCUT2D eigenvalue weighted by Gasteiger charge is 2.22. The molecule has 2 heterocycles. The van der Waals surface area contributed by atoms with Crippen molar-refractivity contribution in [3.63, 3.8) is 0 Å².